The molecule has 3 heterocycles. The van der Waals surface area contributed by atoms with Gasteiger partial charge in [0.15, 0.2) is 0 Å². The zero-order chi connectivity index (χ0) is 26.9. The summed E-state index contributed by atoms with van der Waals surface area (Å²) in [6.07, 6.45) is 1.40. The smallest absolute Gasteiger partial charge is 0.389 e. The molecule has 0 radical (unpaired) electrons. The van der Waals surface area contributed by atoms with Crippen molar-refractivity contribution in [3.63, 3.8) is 0 Å². The molecule has 0 aliphatic carbocycles. The molecule has 1 unspecified atom stereocenters. The Morgan fingerprint density at radius 3 is 2.47 bits per heavy atom. The first kappa shape index (κ1) is 28.9. The molecule has 9 heteroatoms. The van der Waals surface area contributed by atoms with E-state index in [1.54, 1.807) is 13.8 Å². The van der Waals surface area contributed by atoms with Crippen molar-refractivity contribution in [2.24, 2.45) is 11.8 Å². The molecule has 6 nitrogen and oxygen atoms in total. The number of aliphatic hydroxyl groups is 1. The fourth-order valence-electron chi connectivity index (χ4n) is 5.25. The Bertz CT molecular complexity index is 875. The fraction of sp³-hybridized carbons (Fsp3) is 0.741. The topological polar surface area (TPSA) is 80.3 Å². The van der Waals surface area contributed by atoms with Crippen LogP contribution in [0.3, 0.4) is 0 Å². The number of epoxide rings is 1. The summed E-state index contributed by atoms with van der Waals surface area (Å²) in [4.78, 5) is 12.1. The van der Waals surface area contributed by atoms with Crippen LogP contribution < -0.4 is 5.32 Å². The van der Waals surface area contributed by atoms with Gasteiger partial charge in [0.25, 0.3) is 0 Å². The Labute approximate surface area is 211 Å². The number of rotatable bonds is 7. The molecule has 3 saturated heterocycles. The van der Waals surface area contributed by atoms with Crippen molar-refractivity contribution in [1.82, 2.24) is 5.32 Å². The highest BCUT2D eigenvalue weighted by molar-refractivity contribution is 5.87. The molecule has 0 aromatic rings. The van der Waals surface area contributed by atoms with E-state index in [9.17, 15) is 23.1 Å². The van der Waals surface area contributed by atoms with Crippen LogP contribution in [0.1, 0.15) is 60.8 Å². The van der Waals surface area contributed by atoms with Gasteiger partial charge in [-0.2, -0.15) is 13.2 Å². The van der Waals surface area contributed by atoms with Crippen molar-refractivity contribution < 1.29 is 37.3 Å². The second-order valence-electron chi connectivity index (χ2n) is 11.2. The van der Waals surface area contributed by atoms with Crippen LogP contribution >= 0.6 is 0 Å². The number of carbonyl (C=O) groups is 1. The van der Waals surface area contributed by atoms with Crippen LogP contribution in [0, 0.1) is 11.8 Å². The third-order valence-corrected chi connectivity index (χ3v) is 7.45. The van der Waals surface area contributed by atoms with E-state index in [0.717, 1.165) is 12.5 Å². The summed E-state index contributed by atoms with van der Waals surface area (Å²) in [5, 5.41) is 12.1. The predicted molar refractivity (Wildman–Crippen MR) is 130 cm³/mol. The number of allylic oxidation sites excluding steroid dienone is 2. The number of carbonyl (C=O) groups excluding carboxylic acids is 1. The average Bonchev–Trinajstić information content (AvgIpc) is 3.51. The van der Waals surface area contributed by atoms with Gasteiger partial charge in [0.2, 0.25) is 5.91 Å². The Morgan fingerprint density at radius 2 is 1.89 bits per heavy atom. The predicted octanol–water partition coefficient (Wildman–Crippen LogP) is 4.63. The Hall–Kier alpha value is -1.68. The number of nitrogens with one attached hydrogen (secondary N) is 1. The summed E-state index contributed by atoms with van der Waals surface area (Å²) in [7, 11) is 0. The first-order valence-corrected chi connectivity index (χ1v) is 12.7. The van der Waals surface area contributed by atoms with Crippen LogP contribution in [-0.2, 0) is 19.0 Å². The lowest BCUT2D eigenvalue weighted by atomic mass is 9.78. The number of ether oxygens (including phenoxy) is 3. The molecule has 3 aliphatic heterocycles. The van der Waals surface area contributed by atoms with Crippen LogP contribution in [0.25, 0.3) is 0 Å². The summed E-state index contributed by atoms with van der Waals surface area (Å²) < 4.78 is 59.3. The van der Waals surface area contributed by atoms with Gasteiger partial charge in [-0.3, -0.25) is 4.79 Å². The molecular weight excluding hydrogens is 475 g/mol. The molecule has 1 amide bonds. The highest BCUT2D eigenvalue weighted by Crippen LogP contribution is 2.50. The molecule has 36 heavy (non-hydrogen) atoms. The van der Waals surface area contributed by atoms with Crippen molar-refractivity contribution >= 4 is 5.91 Å². The SMILES string of the molecule is C[C@@H]1[C@@H](/C=C/C(=C/C[C@@H]2O[C@H](C)C(NC(=O)/C=C\[C@@H](C)O)C[C@@H]2C)C(F)(F)F)OC(C)(C)C[C@@]12CO2. The normalized spacial score (nSPS) is 38.0. The largest absolute Gasteiger partial charge is 0.416 e. The molecule has 8 atom stereocenters. The standard InChI is InChI=1S/C27H40F3NO5/c1-16-13-21(31-24(33)12-7-17(2)32)19(4)35-22(16)10-8-20(27(28,29)30)9-11-23-18(3)26(15-34-26)14-25(5,6)36-23/h7-9,11-12,16-19,21-23,32H,10,13-15H2,1-6H3,(H,31,33)/b11-9+,12-7-,20-8-/t16-,17+,18+,19+,21?,22-,23+,26+/m0/s1. The van der Waals surface area contributed by atoms with Gasteiger partial charge in [-0.15, -0.1) is 0 Å². The van der Waals surface area contributed by atoms with Gasteiger partial charge in [0, 0.05) is 18.4 Å². The van der Waals surface area contributed by atoms with E-state index < -0.39 is 35.7 Å². The number of alkyl halides is 3. The number of amides is 1. The summed E-state index contributed by atoms with van der Waals surface area (Å²) in [5.41, 5.74) is -1.51. The molecule has 1 spiro atoms. The van der Waals surface area contributed by atoms with E-state index in [4.69, 9.17) is 14.2 Å². The van der Waals surface area contributed by atoms with Gasteiger partial charge in [0.05, 0.1) is 53.8 Å². The van der Waals surface area contributed by atoms with Gasteiger partial charge in [0.1, 0.15) is 0 Å². The highest BCUT2D eigenvalue weighted by Gasteiger charge is 2.58. The number of hydrogen-bond donors (Lipinski definition) is 2. The van der Waals surface area contributed by atoms with E-state index in [-0.39, 0.29) is 41.9 Å². The lowest BCUT2D eigenvalue weighted by Crippen LogP contribution is -2.50. The fourth-order valence-corrected chi connectivity index (χ4v) is 5.25. The van der Waals surface area contributed by atoms with E-state index in [1.807, 2.05) is 27.7 Å². The number of aliphatic hydroxyl groups excluding tert-OH is 1. The minimum Gasteiger partial charge on any atom is -0.389 e. The summed E-state index contributed by atoms with van der Waals surface area (Å²) in [5.74, 6) is -0.440. The molecule has 3 aliphatic rings. The Balaban J connectivity index is 1.65. The van der Waals surface area contributed by atoms with Gasteiger partial charge in [-0.25, -0.2) is 0 Å². The van der Waals surface area contributed by atoms with E-state index in [1.165, 1.54) is 24.3 Å². The summed E-state index contributed by atoms with van der Waals surface area (Å²) in [6, 6.07) is -0.265. The van der Waals surface area contributed by atoms with Crippen LogP contribution in [-0.4, -0.2) is 65.5 Å². The summed E-state index contributed by atoms with van der Waals surface area (Å²) in [6.45, 7) is 11.7. The van der Waals surface area contributed by atoms with Gasteiger partial charge in [-0.1, -0.05) is 38.2 Å². The van der Waals surface area contributed by atoms with Gasteiger partial charge in [-0.05, 0) is 46.5 Å². The second kappa shape index (κ2) is 11.0. The maximum atomic E-state index is 13.9. The zero-order valence-electron chi connectivity index (χ0n) is 22.0. The van der Waals surface area contributed by atoms with E-state index in [0.29, 0.717) is 13.0 Å². The quantitative estimate of drug-likeness (QED) is 0.294. The van der Waals surface area contributed by atoms with Crippen molar-refractivity contribution in [3.8, 4) is 0 Å². The van der Waals surface area contributed by atoms with Gasteiger partial charge >= 0.3 is 6.18 Å². The van der Waals surface area contributed by atoms with E-state index in [2.05, 4.69) is 5.32 Å². The van der Waals surface area contributed by atoms with Crippen molar-refractivity contribution in [1.29, 1.82) is 0 Å². The minimum absolute atomic E-state index is 0.0404. The molecular formula is C27H40F3NO5. The van der Waals surface area contributed by atoms with Crippen LogP contribution in [0.2, 0.25) is 0 Å². The maximum absolute atomic E-state index is 13.9. The van der Waals surface area contributed by atoms with Crippen LogP contribution in [0.5, 0.6) is 0 Å². The molecule has 0 aromatic carbocycles. The monoisotopic (exact) mass is 515 g/mol. The van der Waals surface area contributed by atoms with Crippen molar-refractivity contribution in [3.05, 3.63) is 36.0 Å². The van der Waals surface area contributed by atoms with Crippen LogP contribution in [0.4, 0.5) is 13.2 Å². The summed E-state index contributed by atoms with van der Waals surface area (Å²) >= 11 is 0. The molecule has 204 valence electrons. The van der Waals surface area contributed by atoms with E-state index >= 15 is 0 Å². The molecule has 0 saturated carbocycles. The van der Waals surface area contributed by atoms with Crippen LogP contribution in [0.15, 0.2) is 36.0 Å². The third kappa shape index (κ3) is 7.43. The number of hydrogen-bond acceptors (Lipinski definition) is 5. The molecule has 0 aromatic heterocycles. The minimum atomic E-state index is -4.51. The first-order chi connectivity index (χ1) is 16.6. The third-order valence-electron chi connectivity index (χ3n) is 7.45. The first-order valence-electron chi connectivity index (χ1n) is 12.7. The Morgan fingerprint density at radius 1 is 1.22 bits per heavy atom. The maximum Gasteiger partial charge on any atom is 0.416 e. The highest BCUT2D eigenvalue weighted by atomic mass is 19.4. The zero-order valence-corrected chi connectivity index (χ0v) is 22.0. The lowest BCUT2D eigenvalue weighted by molar-refractivity contribution is -0.140. The lowest BCUT2D eigenvalue weighted by Gasteiger charge is -2.42. The van der Waals surface area contributed by atoms with Crippen molar-refractivity contribution in [2.75, 3.05) is 6.61 Å². The molecule has 3 rings (SSSR count). The average molecular weight is 516 g/mol. The number of halogens is 3. The second-order valence-corrected chi connectivity index (χ2v) is 11.2. The molecule has 0 bridgehead atoms. The van der Waals surface area contributed by atoms with Crippen molar-refractivity contribution in [2.45, 2.75) is 109 Å². The molecule has 3 fully saturated rings. The Kier molecular flexibility index (Phi) is 8.80. The van der Waals surface area contributed by atoms with Gasteiger partial charge < -0.3 is 24.6 Å². The molecule has 2 N–H and O–H groups in total.